The van der Waals surface area contributed by atoms with Gasteiger partial charge in [-0.1, -0.05) is 11.6 Å². The first-order chi connectivity index (χ1) is 15.0. The summed E-state index contributed by atoms with van der Waals surface area (Å²) in [5, 5.41) is 1.83. The third-order valence-corrected chi connectivity index (χ3v) is 7.43. The van der Waals surface area contributed by atoms with E-state index in [-0.39, 0.29) is 12.5 Å². The molecule has 1 saturated carbocycles. The standard InChI is InChI=1S/C23H25ClN4O2S/c1-14-15(2)31-23-20(14)22(25-21(26-23)16-3-4-16)28-11-9-27(10-12-28)19(29)13-30-18-7-5-17(24)6-8-18/h5-8,16H,3-4,9-13H2,1-2H3. The monoisotopic (exact) mass is 456 g/mol. The van der Waals surface area contributed by atoms with Gasteiger partial charge in [-0.15, -0.1) is 11.3 Å². The molecule has 0 bridgehead atoms. The fourth-order valence-electron chi connectivity index (χ4n) is 3.93. The van der Waals surface area contributed by atoms with Crippen molar-refractivity contribution in [3.8, 4) is 5.75 Å². The summed E-state index contributed by atoms with van der Waals surface area (Å²) in [6.45, 7) is 7.19. The zero-order valence-corrected chi connectivity index (χ0v) is 19.3. The molecule has 2 aromatic heterocycles. The van der Waals surface area contributed by atoms with E-state index in [1.165, 1.54) is 28.7 Å². The number of aryl methyl sites for hydroxylation is 2. The third-order valence-electron chi connectivity index (χ3n) is 6.08. The number of thiophene rings is 1. The van der Waals surface area contributed by atoms with Gasteiger partial charge in [-0.05, 0) is 56.5 Å². The molecule has 2 fully saturated rings. The van der Waals surface area contributed by atoms with E-state index < -0.39 is 0 Å². The molecule has 0 unspecified atom stereocenters. The van der Waals surface area contributed by atoms with Gasteiger partial charge in [0.25, 0.3) is 5.91 Å². The lowest BCUT2D eigenvalue weighted by Gasteiger charge is -2.35. The van der Waals surface area contributed by atoms with Gasteiger partial charge in [0.05, 0.1) is 5.39 Å². The molecule has 0 spiro atoms. The lowest BCUT2D eigenvalue weighted by Crippen LogP contribution is -2.50. The highest BCUT2D eigenvalue weighted by Crippen LogP contribution is 2.42. The summed E-state index contributed by atoms with van der Waals surface area (Å²) in [4.78, 5) is 29.1. The van der Waals surface area contributed by atoms with Crippen molar-refractivity contribution in [1.29, 1.82) is 0 Å². The van der Waals surface area contributed by atoms with Crippen molar-refractivity contribution in [3.63, 3.8) is 0 Å². The van der Waals surface area contributed by atoms with Crippen LogP contribution in [0.15, 0.2) is 24.3 Å². The van der Waals surface area contributed by atoms with Crippen LogP contribution in [0.5, 0.6) is 5.75 Å². The number of piperazine rings is 1. The van der Waals surface area contributed by atoms with E-state index in [0.29, 0.717) is 29.8 Å². The summed E-state index contributed by atoms with van der Waals surface area (Å²) in [6, 6.07) is 7.06. The predicted octanol–water partition coefficient (Wildman–Crippen LogP) is 4.57. The van der Waals surface area contributed by atoms with Crippen molar-refractivity contribution in [3.05, 3.63) is 45.6 Å². The number of nitrogens with zero attached hydrogens (tertiary/aromatic N) is 4. The fraction of sp³-hybridized carbons (Fsp3) is 0.435. The van der Waals surface area contributed by atoms with Crippen LogP contribution in [-0.4, -0.2) is 53.6 Å². The Balaban J connectivity index is 1.27. The molecule has 1 saturated heterocycles. The Kier molecular flexibility index (Phi) is 5.48. The van der Waals surface area contributed by atoms with Gasteiger partial charge in [0, 0.05) is 42.0 Å². The maximum absolute atomic E-state index is 12.6. The SMILES string of the molecule is Cc1sc2nc(C3CC3)nc(N3CCN(C(=O)COc4ccc(Cl)cc4)CC3)c2c1C. The number of ether oxygens (including phenoxy) is 1. The quantitative estimate of drug-likeness (QED) is 0.563. The summed E-state index contributed by atoms with van der Waals surface area (Å²) >= 11 is 7.65. The average molecular weight is 457 g/mol. The second-order valence-electron chi connectivity index (χ2n) is 8.25. The van der Waals surface area contributed by atoms with Crippen LogP contribution in [0, 0.1) is 13.8 Å². The Morgan fingerprint density at radius 3 is 2.52 bits per heavy atom. The van der Waals surface area contributed by atoms with Crippen LogP contribution in [0.4, 0.5) is 5.82 Å². The Morgan fingerprint density at radius 2 is 1.84 bits per heavy atom. The Labute approximate surface area is 190 Å². The number of carbonyl (C=O) groups is 1. The Hall–Kier alpha value is -2.38. The van der Waals surface area contributed by atoms with Crippen LogP contribution < -0.4 is 9.64 Å². The van der Waals surface area contributed by atoms with E-state index in [2.05, 4.69) is 18.7 Å². The highest BCUT2D eigenvalue weighted by molar-refractivity contribution is 7.18. The van der Waals surface area contributed by atoms with Gasteiger partial charge in [-0.2, -0.15) is 0 Å². The van der Waals surface area contributed by atoms with Gasteiger partial charge in [0.1, 0.15) is 22.2 Å². The van der Waals surface area contributed by atoms with Gasteiger partial charge >= 0.3 is 0 Å². The minimum absolute atomic E-state index is 0.00339. The number of carbonyl (C=O) groups excluding carboxylic acids is 1. The first-order valence-electron chi connectivity index (χ1n) is 10.7. The summed E-state index contributed by atoms with van der Waals surface area (Å²) < 4.78 is 5.63. The second-order valence-corrected chi connectivity index (χ2v) is 9.89. The smallest absolute Gasteiger partial charge is 0.260 e. The number of halogens is 1. The molecular weight excluding hydrogens is 432 g/mol. The molecule has 1 aromatic carbocycles. The van der Waals surface area contributed by atoms with E-state index in [1.807, 2.05) is 4.90 Å². The zero-order chi connectivity index (χ0) is 21.5. The maximum Gasteiger partial charge on any atom is 0.260 e. The topological polar surface area (TPSA) is 58.6 Å². The van der Waals surface area contributed by atoms with Crippen LogP contribution in [0.1, 0.15) is 35.0 Å². The molecule has 31 heavy (non-hydrogen) atoms. The second kappa shape index (κ2) is 8.28. The molecule has 0 radical (unpaired) electrons. The number of rotatable bonds is 5. The summed E-state index contributed by atoms with van der Waals surface area (Å²) in [5.41, 5.74) is 1.27. The van der Waals surface area contributed by atoms with Gasteiger partial charge < -0.3 is 14.5 Å². The zero-order valence-electron chi connectivity index (χ0n) is 17.7. The molecule has 1 amide bonds. The third kappa shape index (κ3) is 4.21. The van der Waals surface area contributed by atoms with Crippen molar-refractivity contribution >= 4 is 44.9 Å². The molecule has 5 rings (SSSR count). The van der Waals surface area contributed by atoms with Gasteiger partial charge in [-0.3, -0.25) is 4.79 Å². The molecule has 1 aliphatic carbocycles. The molecule has 2 aliphatic rings. The van der Waals surface area contributed by atoms with Crippen molar-refractivity contribution in [2.45, 2.75) is 32.6 Å². The van der Waals surface area contributed by atoms with Crippen LogP contribution in [-0.2, 0) is 4.79 Å². The number of benzene rings is 1. The minimum atomic E-state index is 0.00339. The van der Waals surface area contributed by atoms with Gasteiger partial charge in [0.15, 0.2) is 6.61 Å². The van der Waals surface area contributed by atoms with Crippen LogP contribution in [0.2, 0.25) is 5.02 Å². The summed E-state index contributed by atoms with van der Waals surface area (Å²) in [5.74, 6) is 3.19. The Bertz CT molecular complexity index is 1120. The number of hydrogen-bond donors (Lipinski definition) is 0. The van der Waals surface area contributed by atoms with E-state index in [9.17, 15) is 4.79 Å². The van der Waals surface area contributed by atoms with Crippen molar-refractivity contribution in [1.82, 2.24) is 14.9 Å². The number of fused-ring (bicyclic) bond motifs is 1. The molecule has 0 atom stereocenters. The number of anilines is 1. The number of aromatic nitrogens is 2. The fourth-order valence-corrected chi connectivity index (χ4v) is 5.09. The van der Waals surface area contributed by atoms with Crippen molar-refractivity contribution in [2.75, 3.05) is 37.7 Å². The lowest BCUT2D eigenvalue weighted by molar-refractivity contribution is -0.133. The van der Waals surface area contributed by atoms with E-state index in [4.69, 9.17) is 26.3 Å². The maximum atomic E-state index is 12.6. The minimum Gasteiger partial charge on any atom is -0.484 e. The molecule has 0 N–H and O–H groups in total. The van der Waals surface area contributed by atoms with E-state index >= 15 is 0 Å². The van der Waals surface area contributed by atoms with Crippen LogP contribution in [0.3, 0.4) is 0 Å². The van der Waals surface area contributed by atoms with Crippen LogP contribution in [0.25, 0.3) is 10.2 Å². The largest absolute Gasteiger partial charge is 0.484 e. The highest BCUT2D eigenvalue weighted by Gasteiger charge is 2.30. The van der Waals surface area contributed by atoms with Gasteiger partial charge in [0.2, 0.25) is 0 Å². The average Bonchev–Trinajstić information content (AvgIpc) is 3.59. The highest BCUT2D eigenvalue weighted by atomic mass is 35.5. The number of amides is 1. The van der Waals surface area contributed by atoms with E-state index in [1.54, 1.807) is 35.6 Å². The Morgan fingerprint density at radius 1 is 1.13 bits per heavy atom. The molecule has 162 valence electrons. The normalized spacial score (nSPS) is 16.7. The lowest BCUT2D eigenvalue weighted by atomic mass is 10.2. The molecule has 8 heteroatoms. The van der Waals surface area contributed by atoms with Crippen molar-refractivity contribution in [2.24, 2.45) is 0 Å². The molecule has 6 nitrogen and oxygen atoms in total. The van der Waals surface area contributed by atoms with Gasteiger partial charge in [-0.25, -0.2) is 9.97 Å². The van der Waals surface area contributed by atoms with Crippen LogP contribution >= 0.6 is 22.9 Å². The van der Waals surface area contributed by atoms with E-state index in [0.717, 1.165) is 29.6 Å². The number of hydrogen-bond acceptors (Lipinski definition) is 6. The predicted molar refractivity (Wildman–Crippen MR) is 125 cm³/mol. The first-order valence-corrected chi connectivity index (χ1v) is 11.9. The molecular formula is C23H25ClN4O2S. The summed E-state index contributed by atoms with van der Waals surface area (Å²) in [7, 11) is 0. The molecule has 1 aliphatic heterocycles. The van der Waals surface area contributed by atoms with Crippen molar-refractivity contribution < 1.29 is 9.53 Å². The first kappa shape index (κ1) is 20.5. The molecule has 3 heterocycles. The molecule has 3 aromatic rings. The summed E-state index contributed by atoms with van der Waals surface area (Å²) in [6.07, 6.45) is 2.37.